The van der Waals surface area contributed by atoms with Crippen LogP contribution in [-0.2, 0) is 15.2 Å². The molecule has 0 saturated carbocycles. The van der Waals surface area contributed by atoms with Gasteiger partial charge >= 0.3 is 0 Å². The van der Waals surface area contributed by atoms with E-state index in [2.05, 4.69) is 11.1 Å². The summed E-state index contributed by atoms with van der Waals surface area (Å²) in [6, 6.07) is 6.73. The van der Waals surface area contributed by atoms with Crippen LogP contribution >= 0.6 is 10.8 Å². The Morgan fingerprint density at radius 1 is 1.18 bits per heavy atom. The molecule has 0 spiro atoms. The molecule has 0 radical (unpaired) electrons. The SMILES string of the molecule is CCCCCCCCS(O)(NS(=O)c1ccc(N)cc1)OC. The molecular formula is C15H28N2O3S2. The van der Waals surface area contributed by atoms with Crippen LogP contribution in [0.2, 0.25) is 0 Å². The lowest BCUT2D eigenvalue weighted by atomic mass is 10.1. The average molecular weight is 349 g/mol. The quantitative estimate of drug-likeness (QED) is 0.417. The predicted molar refractivity (Wildman–Crippen MR) is 95.9 cm³/mol. The summed E-state index contributed by atoms with van der Waals surface area (Å²) in [5.41, 5.74) is 6.22. The van der Waals surface area contributed by atoms with Gasteiger partial charge in [0.05, 0.1) is 17.8 Å². The number of benzene rings is 1. The molecule has 4 N–H and O–H groups in total. The zero-order valence-corrected chi connectivity index (χ0v) is 15.0. The highest BCUT2D eigenvalue weighted by Crippen LogP contribution is 2.41. The summed E-state index contributed by atoms with van der Waals surface area (Å²) in [7, 11) is -2.58. The van der Waals surface area contributed by atoms with E-state index in [1.54, 1.807) is 24.3 Å². The van der Waals surface area contributed by atoms with Crippen molar-refractivity contribution in [3.63, 3.8) is 0 Å². The van der Waals surface area contributed by atoms with E-state index in [-0.39, 0.29) is 0 Å². The molecule has 1 aromatic rings. The molecule has 2 atom stereocenters. The van der Waals surface area contributed by atoms with Crippen LogP contribution in [0.4, 0.5) is 5.69 Å². The first kappa shape index (κ1) is 19.4. The summed E-state index contributed by atoms with van der Waals surface area (Å²) in [5.74, 6) is 0.482. The predicted octanol–water partition coefficient (Wildman–Crippen LogP) is 4.00. The summed E-state index contributed by atoms with van der Waals surface area (Å²) in [4.78, 5) is 0.570. The van der Waals surface area contributed by atoms with Gasteiger partial charge in [0.2, 0.25) is 0 Å². The van der Waals surface area contributed by atoms with E-state index in [0.29, 0.717) is 16.3 Å². The lowest BCUT2D eigenvalue weighted by Gasteiger charge is -2.36. The van der Waals surface area contributed by atoms with Crippen molar-refractivity contribution >= 4 is 27.4 Å². The second-order valence-electron chi connectivity index (χ2n) is 5.20. The van der Waals surface area contributed by atoms with Crippen LogP contribution in [0.3, 0.4) is 0 Å². The van der Waals surface area contributed by atoms with Crippen molar-refractivity contribution in [1.82, 2.24) is 4.13 Å². The Morgan fingerprint density at radius 3 is 2.36 bits per heavy atom. The van der Waals surface area contributed by atoms with Gasteiger partial charge in [-0.1, -0.05) is 39.0 Å². The van der Waals surface area contributed by atoms with Crippen molar-refractivity contribution in [1.29, 1.82) is 0 Å². The third-order valence-corrected chi connectivity index (χ3v) is 7.09. The Kier molecular flexibility index (Phi) is 9.04. The first-order valence-corrected chi connectivity index (χ1v) is 10.5. The van der Waals surface area contributed by atoms with E-state index in [1.165, 1.54) is 26.4 Å². The van der Waals surface area contributed by atoms with Gasteiger partial charge in [0.1, 0.15) is 11.0 Å². The fourth-order valence-electron chi connectivity index (χ4n) is 1.99. The molecule has 0 aliphatic heterocycles. The maximum Gasteiger partial charge on any atom is 0.142 e. The van der Waals surface area contributed by atoms with Crippen LogP contribution in [-0.4, -0.2) is 21.6 Å². The number of hydrogen-bond acceptors (Lipinski definition) is 4. The summed E-state index contributed by atoms with van der Waals surface area (Å²) in [6.07, 6.45) is 6.76. The second-order valence-corrected chi connectivity index (χ2v) is 8.90. The highest BCUT2D eigenvalue weighted by Gasteiger charge is 2.19. The van der Waals surface area contributed by atoms with E-state index >= 15 is 0 Å². The van der Waals surface area contributed by atoms with Gasteiger partial charge in [-0.3, -0.25) is 8.74 Å². The average Bonchev–Trinajstić information content (AvgIpc) is 2.51. The molecule has 0 heterocycles. The molecule has 22 heavy (non-hydrogen) atoms. The molecule has 1 aromatic carbocycles. The van der Waals surface area contributed by atoms with Crippen LogP contribution in [0.25, 0.3) is 0 Å². The normalized spacial score (nSPS) is 16.9. The molecule has 128 valence electrons. The Morgan fingerprint density at radius 2 is 1.77 bits per heavy atom. The lowest BCUT2D eigenvalue weighted by Crippen LogP contribution is -2.26. The molecule has 0 saturated heterocycles. The van der Waals surface area contributed by atoms with Crippen LogP contribution in [0.1, 0.15) is 45.4 Å². The maximum atomic E-state index is 12.2. The van der Waals surface area contributed by atoms with Crippen LogP contribution in [0.5, 0.6) is 0 Å². The number of rotatable bonds is 11. The standard InChI is InChI=1S/C15H28N2O3S2/c1-3-4-5-6-7-8-13-22(19,20-2)17-21(18)15-11-9-14(16)10-12-15/h9-12,17,19H,3-8,13,16H2,1-2H3. The van der Waals surface area contributed by atoms with Gasteiger partial charge in [-0.2, -0.15) is 0 Å². The van der Waals surface area contributed by atoms with E-state index in [1.807, 2.05) is 0 Å². The zero-order valence-electron chi connectivity index (χ0n) is 13.4. The van der Waals surface area contributed by atoms with Gasteiger partial charge in [-0.15, -0.1) is 14.9 Å². The molecule has 2 unspecified atom stereocenters. The zero-order chi connectivity index (χ0) is 16.4. The molecular weight excluding hydrogens is 320 g/mol. The van der Waals surface area contributed by atoms with Gasteiger partial charge in [0.25, 0.3) is 0 Å². The van der Waals surface area contributed by atoms with Gasteiger partial charge in [-0.05, 0) is 30.7 Å². The Hall–Kier alpha value is -0.600. The molecule has 1 rings (SSSR count). The molecule has 0 aliphatic carbocycles. The number of unbranched alkanes of at least 4 members (excludes halogenated alkanes) is 5. The van der Waals surface area contributed by atoms with Crippen molar-refractivity contribution in [3.8, 4) is 0 Å². The highest BCUT2D eigenvalue weighted by molar-refractivity contribution is 8.28. The lowest BCUT2D eigenvalue weighted by molar-refractivity contribution is 0.390. The Bertz CT molecular complexity index is 457. The summed E-state index contributed by atoms with van der Waals surface area (Å²) < 4.78 is 30.6. The third kappa shape index (κ3) is 7.11. The molecule has 0 bridgehead atoms. The van der Waals surface area contributed by atoms with Crippen molar-refractivity contribution in [2.24, 2.45) is 0 Å². The molecule has 0 aromatic heterocycles. The fraction of sp³-hybridized carbons (Fsp3) is 0.600. The molecule has 0 amide bonds. The van der Waals surface area contributed by atoms with Crippen LogP contribution in [0, 0.1) is 0 Å². The van der Waals surface area contributed by atoms with Crippen molar-refractivity contribution in [2.45, 2.75) is 50.3 Å². The minimum atomic E-state index is -2.51. The Balaban J connectivity index is 2.44. The third-order valence-electron chi connectivity index (χ3n) is 3.35. The molecule has 5 nitrogen and oxygen atoms in total. The number of nitrogen functional groups attached to an aromatic ring is 1. The molecule has 0 aliphatic rings. The van der Waals surface area contributed by atoms with E-state index in [4.69, 9.17) is 9.92 Å². The first-order chi connectivity index (χ1) is 10.5. The van der Waals surface area contributed by atoms with Crippen molar-refractivity contribution in [2.75, 3.05) is 18.6 Å². The van der Waals surface area contributed by atoms with E-state index < -0.39 is 21.8 Å². The van der Waals surface area contributed by atoms with Gasteiger partial charge in [0, 0.05) is 5.69 Å². The minimum absolute atomic E-state index is 0.482. The summed E-state index contributed by atoms with van der Waals surface area (Å²) in [5, 5.41) is 0. The fourth-order valence-corrected chi connectivity index (χ4v) is 5.08. The number of anilines is 1. The second kappa shape index (κ2) is 10.2. The van der Waals surface area contributed by atoms with Gasteiger partial charge < -0.3 is 5.73 Å². The Labute approximate surface area is 138 Å². The summed E-state index contributed by atoms with van der Waals surface area (Å²) >= 11 is 0. The van der Waals surface area contributed by atoms with Crippen molar-refractivity contribution < 1.29 is 12.9 Å². The monoisotopic (exact) mass is 348 g/mol. The van der Waals surface area contributed by atoms with Crippen LogP contribution in [0.15, 0.2) is 29.2 Å². The molecule has 7 heteroatoms. The van der Waals surface area contributed by atoms with Gasteiger partial charge in [0.15, 0.2) is 0 Å². The number of hydrogen-bond donors (Lipinski definition) is 3. The topological polar surface area (TPSA) is 84.6 Å². The smallest absolute Gasteiger partial charge is 0.142 e. The van der Waals surface area contributed by atoms with Crippen LogP contribution < -0.4 is 9.86 Å². The first-order valence-electron chi connectivity index (χ1n) is 7.64. The minimum Gasteiger partial charge on any atom is -0.399 e. The number of nitrogens with two attached hydrogens (primary N) is 1. The number of nitrogens with one attached hydrogen (secondary N) is 1. The van der Waals surface area contributed by atoms with E-state index in [0.717, 1.165) is 19.3 Å². The van der Waals surface area contributed by atoms with E-state index in [9.17, 15) is 8.76 Å². The van der Waals surface area contributed by atoms with Crippen molar-refractivity contribution in [3.05, 3.63) is 24.3 Å². The maximum absolute atomic E-state index is 12.2. The summed E-state index contributed by atoms with van der Waals surface area (Å²) in [6.45, 7) is 2.18. The molecule has 0 fully saturated rings. The van der Waals surface area contributed by atoms with Gasteiger partial charge in [-0.25, -0.2) is 4.21 Å². The highest BCUT2D eigenvalue weighted by atomic mass is 32.3. The largest absolute Gasteiger partial charge is 0.399 e.